The maximum atomic E-state index is 13.3. The van der Waals surface area contributed by atoms with Gasteiger partial charge in [-0.05, 0) is 37.1 Å². The van der Waals surface area contributed by atoms with Crippen LogP contribution in [0, 0.1) is 0 Å². The number of benzene rings is 2. The number of aliphatic imine (C=N–C) groups is 1. The number of amides is 1. The van der Waals surface area contributed by atoms with Gasteiger partial charge in [0.1, 0.15) is 12.4 Å². The standard InChI is InChI=1S/C22H20N6O2/c1-14-12-15-6-2-4-8-17(15)27(14)19(29)13-26-22(30)28-18-9-5-3-7-16(18)20-23-10-11-25(20)21(28)24-26/h2-9,14H,10-13H2,1H3/t14-/m0/s1. The highest BCUT2D eigenvalue weighted by Crippen LogP contribution is 2.32. The number of rotatable bonds is 2. The molecule has 0 radical (unpaired) electrons. The first kappa shape index (κ1) is 17.2. The second-order valence-electron chi connectivity index (χ2n) is 7.90. The highest BCUT2D eigenvalue weighted by Gasteiger charge is 2.36. The summed E-state index contributed by atoms with van der Waals surface area (Å²) in [4.78, 5) is 34.8. The average Bonchev–Trinajstić information content (AvgIpc) is 3.44. The van der Waals surface area contributed by atoms with Gasteiger partial charge in [-0.3, -0.25) is 14.7 Å². The zero-order valence-electron chi connectivity index (χ0n) is 16.5. The van der Waals surface area contributed by atoms with Crippen LogP contribution in [0.25, 0.3) is 5.69 Å². The Hall–Kier alpha value is -3.68. The molecule has 0 bridgehead atoms. The summed E-state index contributed by atoms with van der Waals surface area (Å²) in [6.07, 6.45) is 0.817. The number of fused-ring (bicyclic) bond motifs is 7. The largest absolute Gasteiger partial charge is 0.352 e. The van der Waals surface area contributed by atoms with Crippen LogP contribution in [0.4, 0.5) is 11.6 Å². The van der Waals surface area contributed by atoms with Crippen LogP contribution in [0.5, 0.6) is 0 Å². The Balaban J connectivity index is 1.41. The smallest absolute Gasteiger partial charge is 0.307 e. The maximum Gasteiger partial charge on any atom is 0.352 e. The number of amidine groups is 1. The normalized spacial score (nSPS) is 18.6. The third-order valence-corrected chi connectivity index (χ3v) is 6.05. The number of carbonyl (C=O) groups is 1. The SMILES string of the molecule is C[C@H]1Cc2ccccc2N1C(=O)Cn1nc2n(c1=O)-c1ccccc1C1=NCCN12. The Morgan fingerprint density at radius 2 is 1.87 bits per heavy atom. The van der Waals surface area contributed by atoms with Gasteiger partial charge in [0.25, 0.3) is 0 Å². The van der Waals surface area contributed by atoms with E-state index in [1.165, 1.54) is 4.68 Å². The predicted octanol–water partition coefficient (Wildman–Crippen LogP) is 1.59. The number of para-hydroxylation sites is 2. The van der Waals surface area contributed by atoms with Crippen LogP contribution in [0.1, 0.15) is 18.1 Å². The van der Waals surface area contributed by atoms with Crippen LogP contribution in [-0.2, 0) is 17.8 Å². The molecule has 4 heterocycles. The van der Waals surface area contributed by atoms with Crippen LogP contribution in [0.3, 0.4) is 0 Å². The van der Waals surface area contributed by atoms with E-state index in [2.05, 4.69) is 10.1 Å². The summed E-state index contributed by atoms with van der Waals surface area (Å²) < 4.78 is 2.87. The molecule has 0 aliphatic carbocycles. The Labute approximate surface area is 172 Å². The fourth-order valence-electron chi connectivity index (χ4n) is 4.76. The first-order chi connectivity index (χ1) is 14.6. The summed E-state index contributed by atoms with van der Waals surface area (Å²) in [5.74, 6) is 1.23. The summed E-state index contributed by atoms with van der Waals surface area (Å²) in [6.45, 7) is 3.26. The Bertz CT molecular complexity index is 1290. The Kier molecular flexibility index (Phi) is 3.53. The minimum absolute atomic E-state index is 0.0564. The third kappa shape index (κ3) is 2.27. The van der Waals surface area contributed by atoms with Crippen LogP contribution < -0.4 is 15.5 Å². The van der Waals surface area contributed by atoms with Gasteiger partial charge in [0.15, 0.2) is 0 Å². The fraction of sp³-hybridized carbons (Fsp3) is 0.273. The molecule has 3 aromatic rings. The molecule has 0 fully saturated rings. The number of carbonyl (C=O) groups excluding carboxylic acids is 1. The molecule has 3 aliphatic rings. The van der Waals surface area contributed by atoms with E-state index in [9.17, 15) is 9.59 Å². The maximum absolute atomic E-state index is 13.3. The van der Waals surface area contributed by atoms with Crippen molar-refractivity contribution in [1.82, 2.24) is 14.3 Å². The van der Waals surface area contributed by atoms with Crippen LogP contribution >= 0.6 is 0 Å². The quantitative estimate of drug-likeness (QED) is 0.655. The lowest BCUT2D eigenvalue weighted by atomic mass is 10.1. The number of aromatic nitrogens is 3. The molecule has 8 heteroatoms. The summed E-state index contributed by atoms with van der Waals surface area (Å²) in [5, 5.41) is 4.55. The summed E-state index contributed by atoms with van der Waals surface area (Å²) in [7, 11) is 0. The highest BCUT2D eigenvalue weighted by molar-refractivity contribution is 6.14. The van der Waals surface area contributed by atoms with Crippen molar-refractivity contribution in [2.24, 2.45) is 4.99 Å². The molecular formula is C22H20N6O2. The predicted molar refractivity (Wildman–Crippen MR) is 114 cm³/mol. The lowest BCUT2D eigenvalue weighted by molar-refractivity contribution is -0.119. The molecule has 30 heavy (non-hydrogen) atoms. The van der Waals surface area contributed by atoms with Gasteiger partial charge in [0.2, 0.25) is 11.9 Å². The topological polar surface area (TPSA) is 75.7 Å². The van der Waals surface area contributed by atoms with Gasteiger partial charge in [-0.15, -0.1) is 5.10 Å². The van der Waals surface area contributed by atoms with Gasteiger partial charge in [0, 0.05) is 23.8 Å². The van der Waals surface area contributed by atoms with Crippen molar-refractivity contribution in [2.75, 3.05) is 22.9 Å². The highest BCUT2D eigenvalue weighted by atomic mass is 16.2. The van der Waals surface area contributed by atoms with Gasteiger partial charge in [-0.25, -0.2) is 14.0 Å². The third-order valence-electron chi connectivity index (χ3n) is 6.05. The number of anilines is 2. The van der Waals surface area contributed by atoms with Crippen molar-refractivity contribution >= 4 is 23.4 Å². The molecule has 1 aromatic heterocycles. The van der Waals surface area contributed by atoms with Crippen molar-refractivity contribution in [3.8, 4) is 5.69 Å². The lowest BCUT2D eigenvalue weighted by Gasteiger charge is -2.26. The van der Waals surface area contributed by atoms with Gasteiger partial charge in [-0.1, -0.05) is 30.3 Å². The van der Waals surface area contributed by atoms with E-state index in [1.807, 2.05) is 60.4 Å². The zero-order valence-corrected chi connectivity index (χ0v) is 16.5. The molecule has 0 saturated carbocycles. The van der Waals surface area contributed by atoms with Gasteiger partial charge in [-0.2, -0.15) is 0 Å². The van der Waals surface area contributed by atoms with Crippen LogP contribution in [0.2, 0.25) is 0 Å². The molecule has 6 rings (SSSR count). The molecule has 0 N–H and O–H groups in total. The first-order valence-corrected chi connectivity index (χ1v) is 10.1. The zero-order chi connectivity index (χ0) is 20.4. The van der Waals surface area contributed by atoms with Gasteiger partial charge < -0.3 is 4.90 Å². The fourth-order valence-corrected chi connectivity index (χ4v) is 4.76. The van der Waals surface area contributed by atoms with E-state index in [0.717, 1.165) is 34.8 Å². The molecule has 0 unspecified atom stereocenters. The molecule has 0 saturated heterocycles. The lowest BCUT2D eigenvalue weighted by Crippen LogP contribution is -2.40. The van der Waals surface area contributed by atoms with Crippen LogP contribution in [0.15, 0.2) is 58.3 Å². The first-order valence-electron chi connectivity index (χ1n) is 10.1. The second-order valence-corrected chi connectivity index (χ2v) is 7.90. The summed E-state index contributed by atoms with van der Waals surface area (Å²) >= 11 is 0. The number of hydrogen-bond acceptors (Lipinski definition) is 5. The van der Waals surface area contributed by atoms with Crippen molar-refractivity contribution in [3.05, 3.63) is 70.1 Å². The summed E-state index contributed by atoms with van der Waals surface area (Å²) in [6, 6.07) is 15.7. The molecule has 3 aliphatic heterocycles. The monoisotopic (exact) mass is 400 g/mol. The van der Waals surface area contributed by atoms with Crippen LogP contribution in [-0.4, -0.2) is 45.2 Å². The van der Waals surface area contributed by atoms with Gasteiger partial charge >= 0.3 is 5.69 Å². The number of hydrogen-bond donors (Lipinski definition) is 0. The molecule has 2 aromatic carbocycles. The van der Waals surface area contributed by atoms with E-state index >= 15 is 0 Å². The minimum atomic E-state index is -0.308. The molecule has 1 atom stereocenters. The van der Waals surface area contributed by atoms with Crippen molar-refractivity contribution in [3.63, 3.8) is 0 Å². The van der Waals surface area contributed by atoms with E-state index < -0.39 is 0 Å². The molecule has 0 spiro atoms. The Morgan fingerprint density at radius 3 is 2.73 bits per heavy atom. The number of nitrogens with zero attached hydrogens (tertiary/aromatic N) is 6. The second kappa shape index (κ2) is 6.16. The molecule has 1 amide bonds. The molecular weight excluding hydrogens is 380 g/mol. The average molecular weight is 400 g/mol. The van der Waals surface area contributed by atoms with E-state index in [0.29, 0.717) is 19.0 Å². The van der Waals surface area contributed by atoms with Gasteiger partial charge in [0.05, 0.1) is 12.2 Å². The van der Waals surface area contributed by atoms with E-state index in [4.69, 9.17) is 0 Å². The Morgan fingerprint density at radius 1 is 1.10 bits per heavy atom. The van der Waals surface area contributed by atoms with E-state index in [-0.39, 0.29) is 24.2 Å². The van der Waals surface area contributed by atoms with Crippen molar-refractivity contribution < 1.29 is 4.79 Å². The molecule has 8 nitrogen and oxygen atoms in total. The van der Waals surface area contributed by atoms with Crippen molar-refractivity contribution in [2.45, 2.75) is 25.9 Å². The van der Waals surface area contributed by atoms with Crippen molar-refractivity contribution in [1.29, 1.82) is 0 Å². The van der Waals surface area contributed by atoms with E-state index in [1.54, 1.807) is 9.47 Å². The summed E-state index contributed by atoms with van der Waals surface area (Å²) in [5.41, 5.74) is 3.44. The molecule has 150 valence electrons. The minimum Gasteiger partial charge on any atom is -0.307 e.